The average molecular weight is 379 g/mol. The van der Waals surface area contributed by atoms with Crippen molar-refractivity contribution in [1.29, 1.82) is 0 Å². The molecule has 2 aromatic carbocycles. The molecule has 0 aliphatic heterocycles. The number of ketones is 1. The van der Waals surface area contributed by atoms with Gasteiger partial charge >= 0.3 is 0 Å². The van der Waals surface area contributed by atoms with Crippen LogP contribution in [0.2, 0.25) is 0 Å². The first-order chi connectivity index (χ1) is 13.6. The lowest BCUT2D eigenvalue weighted by Crippen LogP contribution is -2.45. The number of aliphatic hydroxyl groups is 1. The molecule has 3 heteroatoms. The van der Waals surface area contributed by atoms with Crippen LogP contribution in [0.25, 0.3) is 0 Å². The molecule has 2 saturated carbocycles. The Kier molecular flexibility index (Phi) is 5.65. The van der Waals surface area contributed by atoms with Gasteiger partial charge in [-0.15, -0.1) is 0 Å². The molecule has 0 saturated heterocycles. The van der Waals surface area contributed by atoms with E-state index in [0.717, 1.165) is 43.2 Å². The van der Waals surface area contributed by atoms with Crippen molar-refractivity contribution < 1.29 is 14.6 Å². The van der Waals surface area contributed by atoms with Crippen molar-refractivity contribution in [2.75, 3.05) is 0 Å². The summed E-state index contributed by atoms with van der Waals surface area (Å²) in [6.07, 6.45) is 4.42. The van der Waals surface area contributed by atoms with Crippen molar-refractivity contribution in [3.63, 3.8) is 0 Å². The molecular weight excluding hydrogens is 348 g/mol. The predicted molar refractivity (Wildman–Crippen MR) is 110 cm³/mol. The normalized spacial score (nSPS) is 25.9. The van der Waals surface area contributed by atoms with Gasteiger partial charge in [0.2, 0.25) is 0 Å². The standard InChI is InChI=1S/C25H30O3/c1-25(17-9-8-14-21(25)26)24(20-15-16-20)28-23(19-12-6-3-7-13-19)22(27)18-10-4-2-5-11-18/h2-7,10-13,20,22-24,27H,8-9,14-17H2,1H3/t22-,23-,24+,25-/m0/s1. The third kappa shape index (κ3) is 3.92. The van der Waals surface area contributed by atoms with Gasteiger partial charge < -0.3 is 9.84 Å². The number of aliphatic hydroxyl groups excluding tert-OH is 1. The summed E-state index contributed by atoms with van der Waals surface area (Å²) in [5, 5.41) is 11.2. The molecule has 0 aromatic heterocycles. The minimum Gasteiger partial charge on any atom is -0.385 e. The Hall–Kier alpha value is -1.97. The molecule has 0 amide bonds. The zero-order valence-corrected chi connectivity index (χ0v) is 16.6. The smallest absolute Gasteiger partial charge is 0.141 e. The van der Waals surface area contributed by atoms with Gasteiger partial charge in [-0.2, -0.15) is 0 Å². The van der Waals surface area contributed by atoms with Crippen molar-refractivity contribution in [2.24, 2.45) is 11.3 Å². The Bertz CT molecular complexity index is 784. The van der Waals surface area contributed by atoms with Gasteiger partial charge in [-0.3, -0.25) is 4.79 Å². The van der Waals surface area contributed by atoms with Gasteiger partial charge in [-0.1, -0.05) is 74.0 Å². The highest BCUT2D eigenvalue weighted by Gasteiger charge is 2.51. The molecular formula is C25H30O3. The predicted octanol–water partition coefficient (Wildman–Crippen LogP) is 5.41. The molecule has 148 valence electrons. The number of hydrogen-bond donors (Lipinski definition) is 1. The second kappa shape index (κ2) is 8.18. The molecule has 28 heavy (non-hydrogen) atoms. The maximum Gasteiger partial charge on any atom is 0.141 e. The van der Waals surface area contributed by atoms with Crippen LogP contribution in [0.1, 0.15) is 68.8 Å². The van der Waals surface area contributed by atoms with E-state index in [-0.39, 0.29) is 6.10 Å². The summed E-state index contributed by atoms with van der Waals surface area (Å²) < 4.78 is 6.72. The summed E-state index contributed by atoms with van der Waals surface area (Å²) in [5.74, 6) is 0.748. The minimum atomic E-state index is -0.771. The van der Waals surface area contributed by atoms with Crippen LogP contribution in [-0.4, -0.2) is 17.0 Å². The third-order valence-corrected chi connectivity index (χ3v) is 6.51. The van der Waals surface area contributed by atoms with Gasteiger partial charge in [0, 0.05) is 6.42 Å². The van der Waals surface area contributed by atoms with E-state index in [1.807, 2.05) is 60.7 Å². The maximum atomic E-state index is 12.9. The first-order valence-electron chi connectivity index (χ1n) is 10.6. The number of hydrogen-bond acceptors (Lipinski definition) is 3. The topological polar surface area (TPSA) is 46.5 Å². The molecule has 0 heterocycles. The van der Waals surface area contributed by atoms with Crippen molar-refractivity contribution in [3.05, 3.63) is 71.8 Å². The highest BCUT2D eigenvalue weighted by Crippen LogP contribution is 2.50. The lowest BCUT2D eigenvalue weighted by atomic mass is 9.69. The highest BCUT2D eigenvalue weighted by atomic mass is 16.5. The van der Waals surface area contributed by atoms with E-state index in [2.05, 4.69) is 6.92 Å². The summed E-state index contributed by atoms with van der Waals surface area (Å²) in [6, 6.07) is 19.6. The van der Waals surface area contributed by atoms with Gasteiger partial charge in [0.1, 0.15) is 18.0 Å². The first-order valence-corrected chi connectivity index (χ1v) is 10.6. The Morgan fingerprint density at radius 2 is 1.57 bits per heavy atom. The quantitative estimate of drug-likeness (QED) is 0.701. The minimum absolute atomic E-state index is 0.135. The summed E-state index contributed by atoms with van der Waals surface area (Å²) >= 11 is 0. The third-order valence-electron chi connectivity index (χ3n) is 6.51. The molecule has 4 rings (SSSR count). The van der Waals surface area contributed by atoms with Gasteiger partial charge in [0.15, 0.2) is 0 Å². The molecule has 2 aromatic rings. The Morgan fingerprint density at radius 1 is 0.964 bits per heavy atom. The number of carbonyl (C=O) groups excluding carboxylic acids is 1. The van der Waals surface area contributed by atoms with E-state index >= 15 is 0 Å². The highest BCUT2D eigenvalue weighted by molar-refractivity contribution is 5.85. The van der Waals surface area contributed by atoms with Crippen molar-refractivity contribution >= 4 is 5.78 Å². The summed E-state index contributed by atoms with van der Waals surface area (Å²) in [5.41, 5.74) is 1.35. The van der Waals surface area contributed by atoms with Crippen LogP contribution < -0.4 is 0 Å². The van der Waals surface area contributed by atoms with Crippen LogP contribution in [0.5, 0.6) is 0 Å². The van der Waals surface area contributed by atoms with Crippen LogP contribution in [0.15, 0.2) is 60.7 Å². The van der Waals surface area contributed by atoms with E-state index in [4.69, 9.17) is 4.74 Å². The second-order valence-corrected chi connectivity index (χ2v) is 8.63. The summed E-state index contributed by atoms with van der Waals surface area (Å²) in [6.45, 7) is 2.09. The molecule has 0 unspecified atom stereocenters. The van der Waals surface area contributed by atoms with Gasteiger partial charge in [0.05, 0.1) is 11.5 Å². The second-order valence-electron chi connectivity index (χ2n) is 8.63. The Morgan fingerprint density at radius 3 is 2.14 bits per heavy atom. The molecule has 0 bridgehead atoms. The van der Waals surface area contributed by atoms with Crippen LogP contribution >= 0.6 is 0 Å². The van der Waals surface area contributed by atoms with Crippen molar-refractivity contribution in [3.8, 4) is 0 Å². The summed E-state index contributed by atoms with van der Waals surface area (Å²) in [4.78, 5) is 12.9. The molecule has 2 aliphatic rings. The maximum absolute atomic E-state index is 12.9. The molecule has 2 aliphatic carbocycles. The fraction of sp³-hybridized carbons (Fsp3) is 0.480. The van der Waals surface area contributed by atoms with Crippen LogP contribution in [-0.2, 0) is 9.53 Å². The number of ether oxygens (including phenoxy) is 1. The van der Waals surface area contributed by atoms with E-state index in [9.17, 15) is 9.90 Å². The van der Waals surface area contributed by atoms with E-state index in [1.165, 1.54) is 0 Å². The fourth-order valence-corrected chi connectivity index (χ4v) is 4.65. The van der Waals surface area contributed by atoms with E-state index in [1.54, 1.807) is 0 Å². The van der Waals surface area contributed by atoms with E-state index < -0.39 is 17.6 Å². The Balaban J connectivity index is 1.67. The van der Waals surface area contributed by atoms with Crippen LogP contribution in [0.3, 0.4) is 0 Å². The summed E-state index contributed by atoms with van der Waals surface area (Å²) in [7, 11) is 0. The monoisotopic (exact) mass is 378 g/mol. The zero-order chi connectivity index (χ0) is 19.6. The van der Waals surface area contributed by atoms with Gasteiger partial charge in [-0.05, 0) is 42.7 Å². The van der Waals surface area contributed by atoms with Gasteiger partial charge in [-0.25, -0.2) is 0 Å². The molecule has 0 radical (unpaired) electrons. The lowest BCUT2D eigenvalue weighted by molar-refractivity contribution is -0.160. The average Bonchev–Trinajstić information content (AvgIpc) is 3.57. The SMILES string of the molecule is C[C@]1([C@H](O[C@@H](c2ccccc2)[C@@H](O)c2ccccc2)C2CC2)CCCCC1=O. The number of carbonyl (C=O) groups is 1. The van der Waals surface area contributed by atoms with E-state index in [0.29, 0.717) is 18.1 Å². The molecule has 2 fully saturated rings. The van der Waals surface area contributed by atoms with Crippen molar-refractivity contribution in [2.45, 2.75) is 63.8 Å². The zero-order valence-electron chi connectivity index (χ0n) is 16.6. The largest absolute Gasteiger partial charge is 0.385 e. The molecule has 3 nitrogen and oxygen atoms in total. The lowest BCUT2D eigenvalue weighted by Gasteiger charge is -2.42. The number of rotatable bonds is 7. The molecule has 0 spiro atoms. The van der Waals surface area contributed by atoms with Crippen molar-refractivity contribution in [1.82, 2.24) is 0 Å². The molecule has 4 atom stereocenters. The number of benzene rings is 2. The van der Waals surface area contributed by atoms with Gasteiger partial charge in [0.25, 0.3) is 0 Å². The van der Waals surface area contributed by atoms with Crippen LogP contribution in [0.4, 0.5) is 0 Å². The molecule has 1 N–H and O–H groups in total. The van der Waals surface area contributed by atoms with Crippen LogP contribution in [0, 0.1) is 11.3 Å². The first kappa shape index (κ1) is 19.4. The Labute approximate surface area is 167 Å². The fourth-order valence-electron chi connectivity index (χ4n) is 4.65. The number of Topliss-reactive ketones (excluding diaryl/α,β-unsaturated/α-hetero) is 1.